The normalized spacial score (nSPS) is 14.0. The number of nitriles is 1. The second-order valence-corrected chi connectivity index (χ2v) is 8.66. The lowest BCUT2D eigenvalue weighted by Gasteiger charge is -2.21. The van der Waals surface area contributed by atoms with Crippen molar-refractivity contribution in [1.82, 2.24) is 5.32 Å². The molecule has 5 nitrogen and oxygen atoms in total. The first kappa shape index (κ1) is 24.0. The van der Waals surface area contributed by atoms with E-state index in [0.29, 0.717) is 23.4 Å². The summed E-state index contributed by atoms with van der Waals surface area (Å²) in [5.74, 6) is -5.00. The van der Waals surface area contributed by atoms with Gasteiger partial charge < -0.3 is 10.2 Å². The molecule has 178 valence electrons. The van der Waals surface area contributed by atoms with Gasteiger partial charge in [-0.2, -0.15) is 5.26 Å². The van der Waals surface area contributed by atoms with E-state index in [2.05, 4.69) is 5.32 Å². The minimum atomic E-state index is -1.13. The van der Waals surface area contributed by atoms with Gasteiger partial charge in [0.1, 0.15) is 23.3 Å². The van der Waals surface area contributed by atoms with Crippen LogP contribution in [0.2, 0.25) is 0 Å². The Morgan fingerprint density at radius 2 is 1.69 bits per heavy atom. The predicted molar refractivity (Wildman–Crippen MR) is 119 cm³/mol. The first-order valence-electron chi connectivity index (χ1n) is 10.6. The molecule has 2 amide bonds. The van der Waals surface area contributed by atoms with Crippen LogP contribution < -0.4 is 10.2 Å². The average molecular weight is 481 g/mol. The summed E-state index contributed by atoms with van der Waals surface area (Å²) in [4.78, 5) is 27.2. The Hall–Kier alpha value is -4.19. The molecule has 1 aliphatic heterocycles. The number of carbonyl (C=O) groups is 2. The van der Waals surface area contributed by atoms with Gasteiger partial charge in [-0.3, -0.25) is 9.59 Å². The van der Waals surface area contributed by atoms with Crippen LogP contribution in [-0.4, -0.2) is 11.8 Å². The lowest BCUT2D eigenvalue weighted by molar-refractivity contribution is -0.122. The van der Waals surface area contributed by atoms with Crippen molar-refractivity contribution >= 4 is 17.5 Å². The van der Waals surface area contributed by atoms with E-state index < -0.39 is 46.7 Å². The highest BCUT2D eigenvalue weighted by molar-refractivity contribution is 6.09. The molecule has 0 unspecified atom stereocenters. The molecular weight excluding hydrogens is 462 g/mol. The molecule has 0 spiro atoms. The summed E-state index contributed by atoms with van der Waals surface area (Å²) in [7, 11) is 0. The molecule has 1 heterocycles. The molecule has 0 saturated carbocycles. The van der Waals surface area contributed by atoms with E-state index in [1.165, 1.54) is 35.2 Å². The number of halogens is 4. The number of nitrogens with one attached hydrogen (secondary N) is 1. The Kier molecular flexibility index (Phi) is 6.07. The second-order valence-electron chi connectivity index (χ2n) is 8.66. The van der Waals surface area contributed by atoms with Gasteiger partial charge in [-0.05, 0) is 43.7 Å². The van der Waals surface area contributed by atoms with E-state index in [0.717, 1.165) is 0 Å². The zero-order valence-electron chi connectivity index (χ0n) is 18.8. The van der Waals surface area contributed by atoms with Crippen molar-refractivity contribution in [3.05, 3.63) is 99.6 Å². The van der Waals surface area contributed by atoms with Crippen molar-refractivity contribution < 1.29 is 27.2 Å². The van der Waals surface area contributed by atoms with Crippen molar-refractivity contribution in [2.24, 2.45) is 0 Å². The van der Waals surface area contributed by atoms with E-state index >= 15 is 0 Å². The number of hydrogen-bond acceptors (Lipinski definition) is 3. The van der Waals surface area contributed by atoms with Crippen molar-refractivity contribution in [2.45, 2.75) is 32.4 Å². The van der Waals surface area contributed by atoms with Crippen molar-refractivity contribution in [3.8, 4) is 6.07 Å². The maximum atomic E-state index is 14.5. The molecule has 9 heteroatoms. The highest BCUT2D eigenvalue weighted by Crippen LogP contribution is 2.43. The lowest BCUT2D eigenvalue weighted by Crippen LogP contribution is -2.36. The molecule has 0 atom stereocenters. The fraction of sp³-hybridized carbons (Fsp3) is 0.192. The Morgan fingerprint density at radius 3 is 2.34 bits per heavy atom. The minimum Gasteiger partial charge on any atom is -0.348 e. The molecule has 35 heavy (non-hydrogen) atoms. The highest BCUT2D eigenvalue weighted by Gasteiger charge is 2.44. The van der Waals surface area contributed by atoms with Crippen LogP contribution in [-0.2, 0) is 23.3 Å². The molecule has 1 N–H and O–H groups in total. The molecule has 0 radical (unpaired) electrons. The summed E-state index contributed by atoms with van der Waals surface area (Å²) in [5, 5.41) is 11.7. The maximum absolute atomic E-state index is 14.5. The fourth-order valence-corrected chi connectivity index (χ4v) is 4.14. The molecule has 0 bridgehead atoms. The Labute approximate surface area is 198 Å². The largest absolute Gasteiger partial charge is 0.348 e. The van der Waals surface area contributed by atoms with Crippen LogP contribution in [0.25, 0.3) is 0 Å². The maximum Gasteiger partial charge on any atom is 0.251 e. The van der Waals surface area contributed by atoms with E-state index in [9.17, 15) is 32.4 Å². The summed E-state index contributed by atoms with van der Waals surface area (Å²) in [5.41, 5.74) is -0.282. The van der Waals surface area contributed by atoms with E-state index in [1.54, 1.807) is 19.9 Å². The summed E-state index contributed by atoms with van der Waals surface area (Å²) >= 11 is 0. The zero-order valence-corrected chi connectivity index (χ0v) is 18.8. The number of hydrogen-bond donors (Lipinski definition) is 1. The zero-order chi connectivity index (χ0) is 25.5. The lowest BCUT2D eigenvalue weighted by atomic mass is 9.86. The number of nitrogens with zero attached hydrogens (tertiary/aromatic N) is 2. The van der Waals surface area contributed by atoms with Gasteiger partial charge in [0.15, 0.2) is 0 Å². The molecule has 4 rings (SSSR count). The van der Waals surface area contributed by atoms with Crippen molar-refractivity contribution in [2.75, 3.05) is 4.90 Å². The molecule has 3 aromatic rings. The Morgan fingerprint density at radius 1 is 1.00 bits per heavy atom. The number of benzene rings is 3. The van der Waals surface area contributed by atoms with Gasteiger partial charge in [0.25, 0.3) is 5.91 Å². The molecule has 1 aliphatic rings. The third kappa shape index (κ3) is 4.23. The molecule has 0 saturated heterocycles. The summed E-state index contributed by atoms with van der Waals surface area (Å²) in [6, 6.07) is 11.5. The quantitative estimate of drug-likeness (QED) is 0.529. The highest BCUT2D eigenvalue weighted by atomic mass is 19.1. The van der Waals surface area contributed by atoms with Crippen LogP contribution in [0, 0.1) is 34.6 Å². The van der Waals surface area contributed by atoms with E-state index in [1.807, 2.05) is 6.07 Å². The van der Waals surface area contributed by atoms with Gasteiger partial charge >= 0.3 is 0 Å². The van der Waals surface area contributed by atoms with Crippen molar-refractivity contribution in [3.63, 3.8) is 0 Å². The smallest absolute Gasteiger partial charge is 0.251 e. The first-order chi connectivity index (χ1) is 16.5. The monoisotopic (exact) mass is 481 g/mol. The molecular formula is C26H19F4N3O2. The standard InChI is InChI=1S/C26H19F4N3O2/c1-26(2)19-7-6-14(24(34)32-12-17-21(29)9-16(27)10-22(17)30)8-23(19)33(25(26)35)13-18-15(11-31)4-3-5-20(18)28/h3-10H,12-13H2,1-2H3,(H,32,34). The van der Waals surface area contributed by atoms with Gasteiger partial charge in [0.2, 0.25) is 5.91 Å². The van der Waals surface area contributed by atoms with Crippen LogP contribution in [0.15, 0.2) is 48.5 Å². The number of fused-ring (bicyclic) bond motifs is 1. The summed E-state index contributed by atoms with van der Waals surface area (Å²) < 4.78 is 55.4. The van der Waals surface area contributed by atoms with Gasteiger partial charge in [-0.25, -0.2) is 17.6 Å². The van der Waals surface area contributed by atoms with Gasteiger partial charge in [0, 0.05) is 41.1 Å². The topological polar surface area (TPSA) is 73.2 Å². The third-order valence-corrected chi connectivity index (χ3v) is 6.09. The number of rotatable bonds is 5. The van der Waals surface area contributed by atoms with Crippen LogP contribution in [0.3, 0.4) is 0 Å². The molecule has 0 fully saturated rings. The summed E-state index contributed by atoms with van der Waals surface area (Å²) in [6.45, 7) is 2.64. The first-order valence-corrected chi connectivity index (χ1v) is 10.6. The third-order valence-electron chi connectivity index (χ3n) is 6.09. The van der Waals surface area contributed by atoms with Crippen LogP contribution in [0.4, 0.5) is 23.2 Å². The minimum absolute atomic E-state index is 0.0455. The van der Waals surface area contributed by atoms with E-state index in [4.69, 9.17) is 0 Å². The Bertz CT molecular complexity index is 1390. The molecule has 0 aromatic heterocycles. The predicted octanol–water partition coefficient (Wildman–Crippen LogP) is 4.87. The average Bonchev–Trinajstić information content (AvgIpc) is 2.99. The van der Waals surface area contributed by atoms with Crippen LogP contribution >= 0.6 is 0 Å². The van der Waals surface area contributed by atoms with Crippen LogP contribution in [0.5, 0.6) is 0 Å². The van der Waals surface area contributed by atoms with Gasteiger partial charge in [-0.1, -0.05) is 12.1 Å². The van der Waals surface area contributed by atoms with Gasteiger partial charge in [-0.15, -0.1) is 0 Å². The SMILES string of the molecule is CC1(C)C(=O)N(Cc2c(F)cccc2C#N)c2cc(C(=O)NCc3c(F)cc(F)cc3F)ccc21. The van der Waals surface area contributed by atoms with Gasteiger partial charge in [0.05, 0.1) is 23.6 Å². The molecule has 3 aromatic carbocycles. The number of anilines is 1. The number of carbonyl (C=O) groups excluding carboxylic acids is 2. The molecule has 0 aliphatic carbocycles. The van der Waals surface area contributed by atoms with E-state index in [-0.39, 0.29) is 29.1 Å². The second kappa shape index (κ2) is 8.87. The summed E-state index contributed by atoms with van der Waals surface area (Å²) in [6.07, 6.45) is 0. The Balaban J connectivity index is 1.65. The van der Waals surface area contributed by atoms with Crippen molar-refractivity contribution in [1.29, 1.82) is 5.26 Å². The van der Waals surface area contributed by atoms with Crippen LogP contribution in [0.1, 0.15) is 46.5 Å². The number of amides is 2. The fourth-order valence-electron chi connectivity index (χ4n) is 4.14.